The van der Waals surface area contributed by atoms with E-state index in [2.05, 4.69) is 9.97 Å². The number of fused-ring (bicyclic) bond motifs is 1. The third-order valence-corrected chi connectivity index (χ3v) is 3.28. The number of aromatic nitrogens is 3. The van der Waals surface area contributed by atoms with Gasteiger partial charge in [-0.15, -0.1) is 0 Å². The van der Waals surface area contributed by atoms with Crippen LogP contribution in [0.5, 0.6) is 0 Å². The number of nitrogens with zero attached hydrogens (tertiary/aromatic N) is 4. The second kappa shape index (κ2) is 4.01. The van der Waals surface area contributed by atoms with Crippen LogP contribution in [-0.2, 0) is 0 Å². The maximum absolute atomic E-state index is 13.7. The lowest BCUT2D eigenvalue weighted by atomic mass is 10.1. The first-order valence-electron chi connectivity index (χ1n) is 5.89. The molecular weight excluding hydrogens is 259 g/mol. The largest absolute Gasteiger partial charge is 0.380 e. The number of piperidine rings is 1. The lowest BCUT2D eigenvalue weighted by Crippen LogP contribution is -2.40. The quantitative estimate of drug-likeness (QED) is 0.857. The molecule has 0 atom stereocenters. The fourth-order valence-corrected chi connectivity index (χ4v) is 2.22. The summed E-state index contributed by atoms with van der Waals surface area (Å²) in [4.78, 5) is 9.62. The topological polar surface area (TPSA) is 59.5 Å². The van der Waals surface area contributed by atoms with Crippen LogP contribution in [0, 0.1) is 5.95 Å². The molecule has 3 heterocycles. The monoisotopic (exact) mass is 271 g/mol. The first kappa shape index (κ1) is 12.1. The number of halogens is 3. The summed E-state index contributed by atoms with van der Waals surface area (Å²) >= 11 is 0. The summed E-state index contributed by atoms with van der Waals surface area (Å²) in [5.41, 5.74) is 5.79. The van der Waals surface area contributed by atoms with Crippen molar-refractivity contribution >= 4 is 17.3 Å². The minimum absolute atomic E-state index is 0.146. The zero-order valence-corrected chi connectivity index (χ0v) is 9.98. The first-order chi connectivity index (χ1) is 8.98. The van der Waals surface area contributed by atoms with Crippen LogP contribution in [-0.4, -0.2) is 33.4 Å². The van der Waals surface area contributed by atoms with Crippen LogP contribution in [0.1, 0.15) is 12.8 Å². The van der Waals surface area contributed by atoms with Gasteiger partial charge < -0.3 is 10.6 Å². The lowest BCUT2D eigenvalue weighted by molar-refractivity contribution is -0.0221. The Morgan fingerprint density at radius 3 is 2.63 bits per heavy atom. The van der Waals surface area contributed by atoms with E-state index in [0.29, 0.717) is 5.82 Å². The zero-order chi connectivity index (χ0) is 13.6. The number of nitrogen functional groups attached to an aromatic ring is 1. The van der Waals surface area contributed by atoms with E-state index in [9.17, 15) is 13.2 Å². The SMILES string of the molecule is Nc1nc(N2CCC(F)(F)CC2)c2nccn2c1F. The lowest BCUT2D eigenvalue weighted by Gasteiger charge is -2.32. The van der Waals surface area contributed by atoms with E-state index < -0.39 is 11.9 Å². The highest BCUT2D eigenvalue weighted by atomic mass is 19.3. The predicted octanol–water partition coefficient (Wildman–Crippen LogP) is 1.69. The zero-order valence-electron chi connectivity index (χ0n) is 9.98. The van der Waals surface area contributed by atoms with Crippen molar-refractivity contribution in [3.05, 3.63) is 18.3 Å². The van der Waals surface area contributed by atoms with Crippen molar-refractivity contribution < 1.29 is 13.2 Å². The van der Waals surface area contributed by atoms with E-state index in [4.69, 9.17) is 5.73 Å². The summed E-state index contributed by atoms with van der Waals surface area (Å²) in [6, 6.07) is 0. The van der Waals surface area contributed by atoms with Crippen molar-refractivity contribution in [1.82, 2.24) is 14.4 Å². The Morgan fingerprint density at radius 2 is 1.95 bits per heavy atom. The molecule has 5 nitrogen and oxygen atoms in total. The summed E-state index contributed by atoms with van der Waals surface area (Å²) in [5, 5.41) is 0. The number of hydrogen-bond acceptors (Lipinski definition) is 4. The van der Waals surface area contributed by atoms with Gasteiger partial charge in [-0.05, 0) is 0 Å². The first-order valence-corrected chi connectivity index (χ1v) is 5.89. The molecule has 0 unspecified atom stereocenters. The molecule has 0 aliphatic carbocycles. The van der Waals surface area contributed by atoms with E-state index in [1.165, 1.54) is 16.8 Å². The summed E-state index contributed by atoms with van der Waals surface area (Å²) in [6.45, 7) is 0.293. The average Bonchev–Trinajstić information content (AvgIpc) is 2.83. The summed E-state index contributed by atoms with van der Waals surface area (Å²) in [6.07, 6.45) is 2.34. The Kier molecular flexibility index (Phi) is 2.54. The maximum atomic E-state index is 13.7. The Labute approximate surface area is 106 Å². The molecule has 0 bridgehead atoms. The molecule has 8 heteroatoms. The fraction of sp³-hybridized carbons (Fsp3) is 0.455. The van der Waals surface area contributed by atoms with Gasteiger partial charge in [-0.3, -0.25) is 4.40 Å². The molecule has 1 aliphatic rings. The molecule has 0 aromatic carbocycles. The Bertz CT molecular complexity index is 614. The second-order valence-corrected chi connectivity index (χ2v) is 4.58. The second-order valence-electron chi connectivity index (χ2n) is 4.58. The van der Waals surface area contributed by atoms with Gasteiger partial charge in [0.1, 0.15) is 0 Å². The van der Waals surface area contributed by atoms with E-state index in [-0.39, 0.29) is 37.4 Å². The van der Waals surface area contributed by atoms with Crippen LogP contribution in [0.2, 0.25) is 0 Å². The minimum atomic E-state index is -2.65. The van der Waals surface area contributed by atoms with Crippen molar-refractivity contribution in [3.63, 3.8) is 0 Å². The van der Waals surface area contributed by atoms with Crippen LogP contribution >= 0.6 is 0 Å². The summed E-state index contributed by atoms with van der Waals surface area (Å²) in [5.74, 6) is -3.26. The smallest absolute Gasteiger partial charge is 0.251 e. The van der Waals surface area contributed by atoms with Gasteiger partial charge in [-0.2, -0.15) is 4.39 Å². The van der Waals surface area contributed by atoms with Crippen molar-refractivity contribution in [2.45, 2.75) is 18.8 Å². The minimum Gasteiger partial charge on any atom is -0.380 e. The Hall–Kier alpha value is -1.99. The number of nitrogens with two attached hydrogens (primary N) is 1. The standard InChI is InChI=1S/C11H12F3N5/c12-7-8(15)17-10(9-16-3-6-19(7)9)18-4-1-11(13,14)2-5-18/h3,6H,1-2,4-5,15H2. The van der Waals surface area contributed by atoms with Gasteiger partial charge in [0.2, 0.25) is 5.95 Å². The van der Waals surface area contributed by atoms with Crippen molar-refractivity contribution in [1.29, 1.82) is 0 Å². The number of rotatable bonds is 1. The molecule has 19 heavy (non-hydrogen) atoms. The molecular formula is C11H12F3N5. The van der Waals surface area contributed by atoms with Gasteiger partial charge in [0.25, 0.3) is 5.92 Å². The van der Waals surface area contributed by atoms with Gasteiger partial charge in [-0.1, -0.05) is 0 Å². The highest BCUT2D eigenvalue weighted by Gasteiger charge is 2.35. The molecule has 2 aromatic rings. The Balaban J connectivity index is 2.02. The van der Waals surface area contributed by atoms with Gasteiger partial charge in [-0.25, -0.2) is 18.7 Å². The molecule has 0 spiro atoms. The third-order valence-electron chi connectivity index (χ3n) is 3.28. The number of hydrogen-bond donors (Lipinski definition) is 1. The predicted molar refractivity (Wildman–Crippen MR) is 63.8 cm³/mol. The summed E-state index contributed by atoms with van der Waals surface area (Å²) < 4.78 is 41.1. The fourth-order valence-electron chi connectivity index (χ4n) is 2.22. The molecule has 1 fully saturated rings. The molecule has 0 saturated carbocycles. The van der Waals surface area contributed by atoms with Crippen LogP contribution in [0.4, 0.5) is 24.8 Å². The number of anilines is 2. The van der Waals surface area contributed by atoms with Crippen LogP contribution in [0.25, 0.3) is 5.65 Å². The highest BCUT2D eigenvalue weighted by Crippen LogP contribution is 2.31. The van der Waals surface area contributed by atoms with E-state index in [1.807, 2.05) is 0 Å². The van der Waals surface area contributed by atoms with E-state index in [0.717, 1.165) is 0 Å². The van der Waals surface area contributed by atoms with Gasteiger partial charge >= 0.3 is 0 Å². The van der Waals surface area contributed by atoms with Crippen molar-refractivity contribution in [3.8, 4) is 0 Å². The molecule has 0 amide bonds. The van der Waals surface area contributed by atoms with Gasteiger partial charge in [0.05, 0.1) is 0 Å². The van der Waals surface area contributed by atoms with Crippen molar-refractivity contribution in [2.24, 2.45) is 0 Å². The van der Waals surface area contributed by atoms with Crippen LogP contribution in [0.3, 0.4) is 0 Å². The molecule has 1 saturated heterocycles. The number of imidazole rings is 1. The third kappa shape index (κ3) is 1.96. The van der Waals surface area contributed by atoms with Crippen molar-refractivity contribution in [2.75, 3.05) is 23.7 Å². The average molecular weight is 271 g/mol. The maximum Gasteiger partial charge on any atom is 0.251 e. The molecule has 0 radical (unpaired) electrons. The molecule has 102 valence electrons. The highest BCUT2D eigenvalue weighted by molar-refractivity contribution is 5.66. The molecule has 3 rings (SSSR count). The van der Waals surface area contributed by atoms with Gasteiger partial charge in [0.15, 0.2) is 17.3 Å². The van der Waals surface area contributed by atoms with E-state index >= 15 is 0 Å². The Morgan fingerprint density at radius 1 is 1.26 bits per heavy atom. The number of alkyl halides is 2. The normalized spacial score (nSPS) is 19.0. The molecule has 2 aromatic heterocycles. The van der Waals surface area contributed by atoms with E-state index in [1.54, 1.807) is 4.90 Å². The summed E-state index contributed by atoms with van der Waals surface area (Å²) in [7, 11) is 0. The molecule has 2 N–H and O–H groups in total. The van der Waals surface area contributed by atoms with Gasteiger partial charge in [0, 0.05) is 38.3 Å². The molecule has 1 aliphatic heterocycles. The van der Waals surface area contributed by atoms with Crippen LogP contribution in [0.15, 0.2) is 12.4 Å². The van der Waals surface area contributed by atoms with Crippen LogP contribution < -0.4 is 10.6 Å².